The second-order valence-electron chi connectivity index (χ2n) is 12.9. The van der Waals surface area contributed by atoms with Gasteiger partial charge in [-0.05, 0) is 65.0 Å². The van der Waals surface area contributed by atoms with Crippen molar-refractivity contribution in [2.75, 3.05) is 75.2 Å². The third kappa shape index (κ3) is 7.15. The first-order valence-corrected chi connectivity index (χ1v) is 15.9. The number of hydrogen-bond acceptors (Lipinski definition) is 7. The van der Waals surface area contributed by atoms with Crippen molar-refractivity contribution < 1.29 is 32.3 Å². The SMILES string of the molecule is C/C=C(\CN(C)C)C(=O)N1CC(OCCCN2C[C@H]3CC(=O)N(c4cc(C(F)(F)F)cc(C)n4)[C@@H]3C(=O)N(C)c3cccc(C)c32)C1. The summed E-state index contributed by atoms with van der Waals surface area (Å²) in [6.07, 6.45) is -2.17. The minimum absolute atomic E-state index is 0.00336. The molecule has 0 unspecified atom stereocenters. The molecule has 0 saturated carbocycles. The second kappa shape index (κ2) is 13.6. The van der Waals surface area contributed by atoms with Crippen molar-refractivity contribution in [2.24, 2.45) is 5.92 Å². The standard InChI is InChI=1S/C34H43F3N6O4/c1-7-23(17-39(4)5)32(45)42-19-26(20-42)47-13-9-12-41-18-24-15-29(44)43(28-16-25(34(35,36)37)14-22(3)38-28)31(24)33(46)40(6)27-11-8-10-21(2)30(27)41/h7-8,10-11,14,16,24,26,31H,9,12-13,15,17-20H2,1-6H3/b23-7+/t24-,31+/m1/s1. The minimum Gasteiger partial charge on any atom is -0.374 e. The molecule has 0 bridgehead atoms. The van der Waals surface area contributed by atoms with E-state index in [0.717, 1.165) is 33.9 Å². The predicted molar refractivity (Wildman–Crippen MR) is 173 cm³/mol. The molecule has 1 aromatic carbocycles. The van der Waals surface area contributed by atoms with Gasteiger partial charge in [-0.25, -0.2) is 4.98 Å². The van der Waals surface area contributed by atoms with Gasteiger partial charge in [-0.3, -0.25) is 19.3 Å². The van der Waals surface area contributed by atoms with Gasteiger partial charge < -0.3 is 24.3 Å². The molecule has 0 N–H and O–H groups in total. The summed E-state index contributed by atoms with van der Waals surface area (Å²) >= 11 is 0. The van der Waals surface area contributed by atoms with Gasteiger partial charge in [0, 0.05) is 70.0 Å². The number of halogens is 3. The average molecular weight is 657 g/mol. The minimum atomic E-state index is -4.63. The second-order valence-corrected chi connectivity index (χ2v) is 12.9. The van der Waals surface area contributed by atoms with Crippen LogP contribution in [0.2, 0.25) is 0 Å². The number of likely N-dealkylation sites (tertiary alicyclic amines) is 1. The van der Waals surface area contributed by atoms with Crippen LogP contribution in [0, 0.1) is 19.8 Å². The fourth-order valence-corrected chi connectivity index (χ4v) is 6.75. The third-order valence-corrected chi connectivity index (χ3v) is 9.05. The number of carbonyl (C=O) groups excluding carboxylic acids is 3. The molecule has 4 heterocycles. The van der Waals surface area contributed by atoms with E-state index in [1.165, 1.54) is 11.8 Å². The molecule has 47 heavy (non-hydrogen) atoms. The molecular weight excluding hydrogens is 613 g/mol. The summed E-state index contributed by atoms with van der Waals surface area (Å²) in [4.78, 5) is 53.1. The predicted octanol–water partition coefficient (Wildman–Crippen LogP) is 4.05. The first-order chi connectivity index (χ1) is 22.2. The number of para-hydroxylation sites is 1. The molecule has 5 rings (SSSR count). The van der Waals surface area contributed by atoms with Crippen LogP contribution < -0.4 is 14.7 Å². The highest BCUT2D eigenvalue weighted by Gasteiger charge is 2.49. The smallest absolute Gasteiger partial charge is 0.374 e. The first kappa shape index (κ1) is 34.4. The van der Waals surface area contributed by atoms with Gasteiger partial charge in [0.1, 0.15) is 11.9 Å². The summed E-state index contributed by atoms with van der Waals surface area (Å²) in [6, 6.07) is 6.44. The van der Waals surface area contributed by atoms with E-state index in [1.54, 1.807) is 11.9 Å². The van der Waals surface area contributed by atoms with Crippen molar-refractivity contribution in [2.45, 2.75) is 51.9 Å². The Hall–Kier alpha value is -3.97. The number of pyridine rings is 1. The van der Waals surface area contributed by atoms with Crippen LogP contribution in [0.3, 0.4) is 0 Å². The van der Waals surface area contributed by atoms with Crippen molar-refractivity contribution in [1.82, 2.24) is 14.8 Å². The summed E-state index contributed by atoms with van der Waals surface area (Å²) in [7, 11) is 5.49. The molecule has 3 amide bonds. The van der Waals surface area contributed by atoms with E-state index < -0.39 is 29.6 Å². The summed E-state index contributed by atoms with van der Waals surface area (Å²) in [6.45, 7) is 8.31. The maximum atomic E-state index is 14.0. The van der Waals surface area contributed by atoms with Crippen LogP contribution in [0.4, 0.5) is 30.4 Å². The number of aromatic nitrogens is 1. The lowest BCUT2D eigenvalue weighted by Crippen LogP contribution is -2.55. The van der Waals surface area contributed by atoms with Crippen LogP contribution in [-0.2, 0) is 25.3 Å². The zero-order valence-electron chi connectivity index (χ0n) is 27.8. The number of allylic oxidation sites excluding steroid dienone is 1. The number of anilines is 3. The molecule has 1 aromatic heterocycles. The molecule has 0 spiro atoms. The Morgan fingerprint density at radius 3 is 2.51 bits per heavy atom. The normalized spacial score (nSPS) is 20.8. The monoisotopic (exact) mass is 656 g/mol. The van der Waals surface area contributed by atoms with E-state index in [0.29, 0.717) is 51.4 Å². The van der Waals surface area contributed by atoms with Gasteiger partial charge in [-0.1, -0.05) is 18.2 Å². The molecule has 254 valence electrons. The van der Waals surface area contributed by atoms with E-state index in [4.69, 9.17) is 4.74 Å². The summed E-state index contributed by atoms with van der Waals surface area (Å²) in [5.74, 6) is -1.43. The maximum Gasteiger partial charge on any atom is 0.416 e. The van der Waals surface area contributed by atoms with Crippen molar-refractivity contribution >= 4 is 34.9 Å². The number of nitrogens with zero attached hydrogens (tertiary/aromatic N) is 6. The molecule has 0 radical (unpaired) electrons. The Morgan fingerprint density at radius 1 is 1.13 bits per heavy atom. The largest absolute Gasteiger partial charge is 0.416 e. The van der Waals surface area contributed by atoms with E-state index in [2.05, 4.69) is 9.88 Å². The molecule has 2 saturated heterocycles. The van der Waals surface area contributed by atoms with Gasteiger partial charge in [0.25, 0.3) is 5.91 Å². The number of likely N-dealkylation sites (N-methyl/N-ethyl adjacent to an activating group) is 2. The number of benzene rings is 1. The van der Waals surface area contributed by atoms with E-state index >= 15 is 0 Å². The van der Waals surface area contributed by atoms with Crippen molar-refractivity contribution in [3.8, 4) is 0 Å². The molecule has 13 heteroatoms. The topological polar surface area (TPSA) is 89.5 Å². The van der Waals surface area contributed by atoms with Crippen LogP contribution in [-0.4, -0.2) is 105 Å². The third-order valence-electron chi connectivity index (χ3n) is 9.05. The number of rotatable bonds is 9. The number of aryl methyl sites for hydroxylation is 2. The van der Waals surface area contributed by atoms with Gasteiger partial charge in [-0.15, -0.1) is 0 Å². The molecule has 3 aliphatic heterocycles. The molecular formula is C34H43F3N6O4. The first-order valence-electron chi connectivity index (χ1n) is 15.9. The fraction of sp³-hybridized carbons (Fsp3) is 0.529. The number of hydrogen-bond donors (Lipinski definition) is 0. The van der Waals surface area contributed by atoms with Crippen molar-refractivity contribution in [3.05, 3.63) is 58.8 Å². The van der Waals surface area contributed by atoms with Crippen LogP contribution in [0.15, 0.2) is 42.0 Å². The Labute approximate surface area is 273 Å². The highest BCUT2D eigenvalue weighted by molar-refractivity contribution is 6.10. The van der Waals surface area contributed by atoms with E-state index in [-0.39, 0.29) is 35.9 Å². The van der Waals surface area contributed by atoms with Gasteiger partial charge in [-0.2, -0.15) is 13.2 Å². The number of carbonyl (C=O) groups is 3. The summed E-state index contributed by atoms with van der Waals surface area (Å²) < 4.78 is 47.2. The molecule has 3 aliphatic rings. The fourth-order valence-electron chi connectivity index (χ4n) is 6.75. The number of fused-ring (bicyclic) bond motifs is 2. The quantitative estimate of drug-likeness (QED) is 0.297. The number of amides is 3. The molecule has 2 atom stereocenters. The summed E-state index contributed by atoms with van der Waals surface area (Å²) in [5.41, 5.74) is 2.44. The van der Waals surface area contributed by atoms with Crippen LogP contribution in [0.5, 0.6) is 0 Å². The van der Waals surface area contributed by atoms with Gasteiger partial charge in [0.05, 0.1) is 23.0 Å². The number of ether oxygens (including phenoxy) is 1. The molecule has 2 aromatic rings. The Bertz CT molecular complexity index is 1550. The Balaban J connectivity index is 1.31. The molecule has 10 nitrogen and oxygen atoms in total. The van der Waals surface area contributed by atoms with Gasteiger partial charge >= 0.3 is 6.18 Å². The van der Waals surface area contributed by atoms with Crippen molar-refractivity contribution in [3.63, 3.8) is 0 Å². The molecule has 2 fully saturated rings. The van der Waals surface area contributed by atoms with Crippen LogP contribution in [0.25, 0.3) is 0 Å². The van der Waals surface area contributed by atoms with Crippen LogP contribution >= 0.6 is 0 Å². The van der Waals surface area contributed by atoms with E-state index in [1.807, 2.05) is 57.1 Å². The molecule has 0 aliphatic carbocycles. The lowest BCUT2D eigenvalue weighted by atomic mass is 9.95. The highest BCUT2D eigenvalue weighted by Crippen LogP contribution is 2.41. The summed E-state index contributed by atoms with van der Waals surface area (Å²) in [5, 5.41) is 0. The van der Waals surface area contributed by atoms with Gasteiger partial charge in [0.2, 0.25) is 11.8 Å². The van der Waals surface area contributed by atoms with E-state index in [9.17, 15) is 27.6 Å². The zero-order chi connectivity index (χ0) is 34.2. The zero-order valence-corrected chi connectivity index (χ0v) is 27.8. The lowest BCUT2D eigenvalue weighted by Gasteiger charge is -2.40. The maximum absolute atomic E-state index is 14.0. The Kier molecular flexibility index (Phi) is 9.97. The average Bonchev–Trinajstić information content (AvgIpc) is 3.30. The Morgan fingerprint density at radius 2 is 1.85 bits per heavy atom. The lowest BCUT2D eigenvalue weighted by molar-refractivity contribution is -0.141. The van der Waals surface area contributed by atoms with Crippen LogP contribution in [0.1, 0.15) is 36.6 Å². The highest BCUT2D eigenvalue weighted by atomic mass is 19.4. The van der Waals surface area contributed by atoms with Crippen molar-refractivity contribution in [1.29, 1.82) is 0 Å². The van der Waals surface area contributed by atoms with Gasteiger partial charge in [0.15, 0.2) is 0 Å². The number of alkyl halides is 3.